The smallest absolute Gasteiger partial charge is 0.210 e. The molecular formula is C15H16O3S. The van der Waals surface area contributed by atoms with Crippen LogP contribution >= 0.6 is 11.3 Å². The Hall–Kier alpha value is -1.81. The molecule has 2 rings (SSSR count). The zero-order chi connectivity index (χ0) is 14.0. The average molecular weight is 276 g/mol. The van der Waals surface area contributed by atoms with E-state index in [4.69, 9.17) is 9.47 Å². The minimum absolute atomic E-state index is 0.0510. The van der Waals surface area contributed by atoms with E-state index in [1.165, 1.54) is 11.3 Å². The SMILES string of the molecule is COc1cccc(OC)c1C(=O)c1sc(C)cc1C. The summed E-state index contributed by atoms with van der Waals surface area (Å²) in [5.74, 6) is 1.02. The maximum atomic E-state index is 12.7. The second-order valence-electron chi connectivity index (χ2n) is 4.24. The van der Waals surface area contributed by atoms with E-state index in [9.17, 15) is 4.79 Å². The Morgan fingerprint density at radius 2 is 1.68 bits per heavy atom. The molecule has 1 heterocycles. The molecule has 0 atom stereocenters. The van der Waals surface area contributed by atoms with Gasteiger partial charge in [0.1, 0.15) is 17.1 Å². The van der Waals surface area contributed by atoms with Gasteiger partial charge in [0.15, 0.2) is 0 Å². The molecule has 2 aromatic rings. The maximum absolute atomic E-state index is 12.7. The Balaban J connectivity index is 2.58. The van der Waals surface area contributed by atoms with Gasteiger partial charge in [0.05, 0.1) is 19.1 Å². The molecule has 0 saturated carbocycles. The first kappa shape index (κ1) is 13.6. The highest BCUT2D eigenvalue weighted by atomic mass is 32.1. The normalized spacial score (nSPS) is 10.3. The number of hydrogen-bond donors (Lipinski definition) is 0. The lowest BCUT2D eigenvalue weighted by Gasteiger charge is -2.11. The summed E-state index contributed by atoms with van der Waals surface area (Å²) in [7, 11) is 3.11. The molecule has 4 heteroatoms. The third-order valence-electron chi connectivity index (χ3n) is 2.90. The molecule has 0 spiro atoms. The highest BCUT2D eigenvalue weighted by Crippen LogP contribution is 2.33. The number of methoxy groups -OCH3 is 2. The van der Waals surface area contributed by atoms with Crippen molar-refractivity contribution in [2.24, 2.45) is 0 Å². The van der Waals surface area contributed by atoms with E-state index in [-0.39, 0.29) is 5.78 Å². The van der Waals surface area contributed by atoms with Crippen molar-refractivity contribution in [2.75, 3.05) is 14.2 Å². The van der Waals surface area contributed by atoms with Gasteiger partial charge in [0.2, 0.25) is 5.78 Å². The van der Waals surface area contributed by atoms with Crippen LogP contribution in [0.3, 0.4) is 0 Å². The van der Waals surface area contributed by atoms with Crippen LogP contribution in [0, 0.1) is 13.8 Å². The number of ether oxygens (including phenoxy) is 2. The van der Waals surface area contributed by atoms with Crippen LogP contribution in [0.5, 0.6) is 11.5 Å². The minimum Gasteiger partial charge on any atom is -0.496 e. The number of hydrogen-bond acceptors (Lipinski definition) is 4. The Morgan fingerprint density at radius 1 is 1.11 bits per heavy atom. The molecule has 1 aromatic carbocycles. The lowest BCUT2D eigenvalue weighted by molar-refractivity contribution is 0.103. The van der Waals surface area contributed by atoms with Gasteiger partial charge >= 0.3 is 0 Å². The number of thiophene rings is 1. The zero-order valence-corrected chi connectivity index (χ0v) is 12.3. The highest BCUT2D eigenvalue weighted by molar-refractivity contribution is 7.14. The van der Waals surface area contributed by atoms with Crippen molar-refractivity contribution in [1.82, 2.24) is 0 Å². The second kappa shape index (κ2) is 5.45. The fourth-order valence-electron chi connectivity index (χ4n) is 2.06. The van der Waals surface area contributed by atoms with E-state index >= 15 is 0 Å². The molecule has 0 radical (unpaired) electrons. The molecule has 100 valence electrons. The van der Waals surface area contributed by atoms with Crippen molar-refractivity contribution in [1.29, 1.82) is 0 Å². The Kier molecular flexibility index (Phi) is 3.90. The molecule has 3 nitrogen and oxygen atoms in total. The lowest BCUT2D eigenvalue weighted by Crippen LogP contribution is -2.06. The summed E-state index contributed by atoms with van der Waals surface area (Å²) in [5.41, 5.74) is 1.47. The van der Waals surface area contributed by atoms with Crippen molar-refractivity contribution in [2.45, 2.75) is 13.8 Å². The standard InChI is InChI=1S/C15H16O3S/c1-9-8-10(2)19-15(9)14(16)13-11(17-3)6-5-7-12(13)18-4/h5-8H,1-4H3. The molecule has 0 aliphatic carbocycles. The van der Waals surface area contributed by atoms with Gasteiger partial charge in [-0.15, -0.1) is 11.3 Å². The van der Waals surface area contributed by atoms with Crippen LogP contribution in [-0.2, 0) is 0 Å². The van der Waals surface area contributed by atoms with E-state index in [2.05, 4.69) is 0 Å². The summed E-state index contributed by atoms with van der Waals surface area (Å²) < 4.78 is 10.6. The molecule has 0 amide bonds. The summed E-state index contributed by atoms with van der Waals surface area (Å²) in [6.07, 6.45) is 0. The van der Waals surface area contributed by atoms with Gasteiger partial charge in [-0.1, -0.05) is 6.07 Å². The third-order valence-corrected chi connectivity index (χ3v) is 4.05. The van der Waals surface area contributed by atoms with Crippen molar-refractivity contribution in [3.05, 3.63) is 45.1 Å². The molecule has 0 N–H and O–H groups in total. The quantitative estimate of drug-likeness (QED) is 0.800. The molecule has 0 fully saturated rings. The van der Waals surface area contributed by atoms with Gasteiger partial charge in [-0.2, -0.15) is 0 Å². The molecule has 19 heavy (non-hydrogen) atoms. The first-order chi connectivity index (χ1) is 9.08. The minimum atomic E-state index is -0.0510. The van der Waals surface area contributed by atoms with Gasteiger partial charge in [0, 0.05) is 4.88 Å². The van der Waals surface area contributed by atoms with Crippen LogP contribution in [0.2, 0.25) is 0 Å². The van der Waals surface area contributed by atoms with Gasteiger partial charge in [-0.05, 0) is 37.6 Å². The highest BCUT2D eigenvalue weighted by Gasteiger charge is 2.22. The van der Waals surface area contributed by atoms with Crippen LogP contribution in [0.25, 0.3) is 0 Å². The molecular weight excluding hydrogens is 260 g/mol. The van der Waals surface area contributed by atoms with Crippen LogP contribution in [-0.4, -0.2) is 20.0 Å². The number of ketones is 1. The van der Waals surface area contributed by atoms with Crippen LogP contribution in [0.15, 0.2) is 24.3 Å². The van der Waals surface area contributed by atoms with E-state index < -0.39 is 0 Å². The molecule has 0 unspecified atom stereocenters. The Labute approximate surface area is 116 Å². The number of carbonyl (C=O) groups excluding carboxylic acids is 1. The van der Waals surface area contributed by atoms with Crippen LogP contribution < -0.4 is 9.47 Å². The third kappa shape index (κ3) is 2.49. The largest absolute Gasteiger partial charge is 0.496 e. The van der Waals surface area contributed by atoms with Gasteiger partial charge < -0.3 is 9.47 Å². The summed E-state index contributed by atoms with van der Waals surface area (Å²) in [4.78, 5) is 14.5. The molecule has 0 aliphatic rings. The average Bonchev–Trinajstić information content (AvgIpc) is 2.75. The van der Waals surface area contributed by atoms with E-state index in [0.717, 1.165) is 15.3 Å². The van der Waals surface area contributed by atoms with Crippen molar-refractivity contribution in [3.8, 4) is 11.5 Å². The predicted molar refractivity (Wildman–Crippen MR) is 76.8 cm³/mol. The molecule has 1 aromatic heterocycles. The van der Waals surface area contributed by atoms with Gasteiger partial charge in [-0.25, -0.2) is 0 Å². The summed E-state index contributed by atoms with van der Waals surface area (Å²) in [6, 6.07) is 7.36. The lowest BCUT2D eigenvalue weighted by atomic mass is 10.0. The van der Waals surface area contributed by atoms with Crippen molar-refractivity contribution in [3.63, 3.8) is 0 Å². The number of carbonyl (C=O) groups is 1. The second-order valence-corrected chi connectivity index (χ2v) is 5.49. The zero-order valence-electron chi connectivity index (χ0n) is 11.4. The maximum Gasteiger partial charge on any atom is 0.210 e. The van der Waals surface area contributed by atoms with Gasteiger partial charge in [-0.3, -0.25) is 4.79 Å². The Morgan fingerprint density at radius 3 is 2.11 bits per heavy atom. The Bertz CT molecular complexity index is 592. The van der Waals surface area contributed by atoms with Crippen molar-refractivity contribution < 1.29 is 14.3 Å². The van der Waals surface area contributed by atoms with Crippen LogP contribution in [0.1, 0.15) is 25.7 Å². The predicted octanol–water partition coefficient (Wildman–Crippen LogP) is 3.61. The van der Waals surface area contributed by atoms with E-state index in [0.29, 0.717) is 17.1 Å². The summed E-state index contributed by atoms with van der Waals surface area (Å²) in [6.45, 7) is 3.94. The van der Waals surface area contributed by atoms with E-state index in [1.807, 2.05) is 19.9 Å². The fraction of sp³-hybridized carbons (Fsp3) is 0.267. The first-order valence-corrected chi connectivity index (χ1v) is 6.72. The topological polar surface area (TPSA) is 35.5 Å². The van der Waals surface area contributed by atoms with Crippen molar-refractivity contribution >= 4 is 17.1 Å². The molecule has 0 bridgehead atoms. The summed E-state index contributed by atoms with van der Waals surface area (Å²) >= 11 is 1.50. The van der Waals surface area contributed by atoms with E-state index in [1.54, 1.807) is 32.4 Å². The molecule has 0 saturated heterocycles. The first-order valence-electron chi connectivity index (χ1n) is 5.91. The number of aryl methyl sites for hydroxylation is 2. The molecule has 0 aliphatic heterocycles. The summed E-state index contributed by atoms with van der Waals surface area (Å²) in [5, 5.41) is 0. The van der Waals surface area contributed by atoms with Gasteiger partial charge in [0.25, 0.3) is 0 Å². The number of benzene rings is 1. The van der Waals surface area contributed by atoms with Crippen LogP contribution in [0.4, 0.5) is 0 Å². The monoisotopic (exact) mass is 276 g/mol. The number of rotatable bonds is 4. The fourth-order valence-corrected chi connectivity index (χ4v) is 3.03.